The van der Waals surface area contributed by atoms with Crippen molar-refractivity contribution in [3.05, 3.63) is 67.1 Å². The molecule has 45 heavy (non-hydrogen) atoms. The van der Waals surface area contributed by atoms with Crippen LogP contribution < -0.4 is 10.6 Å². The maximum Gasteiger partial charge on any atom is 0.159 e. The number of H-pyrrole nitrogens is 2. The number of imidazole rings is 1. The Morgan fingerprint density at radius 1 is 0.933 bits per heavy atom. The van der Waals surface area contributed by atoms with Crippen molar-refractivity contribution >= 4 is 33.4 Å². The highest BCUT2D eigenvalue weighted by atomic mass is 19.1. The normalized spacial score (nSPS) is 12.7. The van der Waals surface area contributed by atoms with Crippen molar-refractivity contribution < 1.29 is 9.50 Å². The molecule has 6 rings (SSSR count). The lowest BCUT2D eigenvalue weighted by Gasteiger charge is -2.23. The second-order valence-corrected chi connectivity index (χ2v) is 12.7. The molecule has 0 saturated carbocycles. The molecule has 5 N–H and O–H groups in total. The molecular formula is C33H37FN10O. The first-order valence-corrected chi connectivity index (χ1v) is 14.8. The Morgan fingerprint density at radius 2 is 1.71 bits per heavy atom. The molecule has 0 saturated heterocycles. The maximum absolute atomic E-state index is 14.7. The Kier molecular flexibility index (Phi) is 8.17. The minimum Gasteiger partial charge on any atom is -0.384 e. The largest absolute Gasteiger partial charge is 0.384 e. The van der Waals surface area contributed by atoms with Gasteiger partial charge in [-0.05, 0) is 61.8 Å². The molecule has 0 aliphatic rings. The first-order valence-electron chi connectivity index (χ1n) is 14.8. The van der Waals surface area contributed by atoms with Crippen LogP contribution in [-0.4, -0.2) is 78.5 Å². The maximum atomic E-state index is 14.7. The van der Waals surface area contributed by atoms with E-state index in [0.29, 0.717) is 63.7 Å². The van der Waals surface area contributed by atoms with Crippen molar-refractivity contribution in [2.24, 2.45) is 5.41 Å². The minimum atomic E-state index is -0.700. The number of nitrogens with one attached hydrogen (secondary N) is 4. The number of benzene rings is 1. The van der Waals surface area contributed by atoms with Gasteiger partial charge in [0.15, 0.2) is 11.5 Å². The van der Waals surface area contributed by atoms with Crippen LogP contribution in [0.5, 0.6) is 0 Å². The van der Waals surface area contributed by atoms with Crippen molar-refractivity contribution in [2.45, 2.75) is 33.4 Å². The van der Waals surface area contributed by atoms with Gasteiger partial charge in [0.05, 0.1) is 34.5 Å². The van der Waals surface area contributed by atoms with Crippen LogP contribution in [0.1, 0.15) is 27.2 Å². The van der Waals surface area contributed by atoms with Crippen molar-refractivity contribution in [2.75, 3.05) is 37.8 Å². The molecule has 0 aliphatic heterocycles. The molecule has 11 nitrogen and oxygen atoms in total. The minimum absolute atomic E-state index is 0.0270. The summed E-state index contributed by atoms with van der Waals surface area (Å²) in [6.45, 7) is 7.75. The summed E-state index contributed by atoms with van der Waals surface area (Å²) in [5, 5.41) is 25.2. The predicted molar refractivity (Wildman–Crippen MR) is 176 cm³/mol. The molecule has 12 heteroatoms. The Hall–Kier alpha value is -4.94. The van der Waals surface area contributed by atoms with Crippen LogP contribution in [0.2, 0.25) is 0 Å². The summed E-state index contributed by atoms with van der Waals surface area (Å²) in [6.07, 6.45) is 8.48. The third kappa shape index (κ3) is 6.92. The number of rotatable bonds is 10. The zero-order valence-corrected chi connectivity index (χ0v) is 26.0. The number of likely N-dealkylation sites (N-methyl/N-ethyl adjacent to an activating group) is 1. The summed E-state index contributed by atoms with van der Waals surface area (Å²) >= 11 is 0. The number of aromatic nitrogens is 7. The van der Waals surface area contributed by atoms with E-state index in [1.54, 1.807) is 31.0 Å². The predicted octanol–water partition coefficient (Wildman–Crippen LogP) is 5.90. The summed E-state index contributed by atoms with van der Waals surface area (Å²) in [6, 6.07) is 8.80. The van der Waals surface area contributed by atoms with E-state index in [-0.39, 0.29) is 11.2 Å². The van der Waals surface area contributed by atoms with Crippen molar-refractivity contribution in [3.63, 3.8) is 0 Å². The molecular weight excluding hydrogens is 571 g/mol. The molecule has 5 aromatic heterocycles. The van der Waals surface area contributed by atoms with E-state index in [9.17, 15) is 9.50 Å². The fraction of sp³-hybridized carbons (Fsp3) is 0.303. The summed E-state index contributed by atoms with van der Waals surface area (Å²) in [5.74, 6) is 0.186. The van der Waals surface area contributed by atoms with Crippen LogP contribution in [0, 0.1) is 11.2 Å². The lowest BCUT2D eigenvalue weighted by Crippen LogP contribution is -2.25. The standard InChI is InChI=1S/C33H37FN10O/c1-33(2,3)13-28(45)39-24-10-20(14-35-16-24)21-11-25-30(42-43-31(25)38-15-21)32-40-27-18-36-17-26(29(27)41-32)19-8-22(34)12-23(9-19)37-6-7-44(4)5/h8-12,14-18,28,37,39,45H,6-7,13H2,1-5H3,(H,40,41)(H,38,42,43). The Balaban J connectivity index is 1.32. The third-order valence-corrected chi connectivity index (χ3v) is 7.34. The third-order valence-electron chi connectivity index (χ3n) is 7.34. The Bertz CT molecular complexity index is 1960. The molecule has 1 unspecified atom stereocenters. The molecule has 6 aromatic rings. The molecule has 0 aliphatic carbocycles. The number of aromatic amines is 2. The highest BCUT2D eigenvalue weighted by Crippen LogP contribution is 2.33. The molecule has 1 atom stereocenters. The highest BCUT2D eigenvalue weighted by molar-refractivity contribution is 5.97. The second kappa shape index (κ2) is 12.2. The summed E-state index contributed by atoms with van der Waals surface area (Å²) in [4.78, 5) is 23.7. The number of hydrogen-bond acceptors (Lipinski definition) is 9. The molecule has 0 radical (unpaired) electrons. The lowest BCUT2D eigenvalue weighted by atomic mass is 9.91. The van der Waals surface area contributed by atoms with Crippen molar-refractivity contribution in [1.29, 1.82) is 0 Å². The van der Waals surface area contributed by atoms with E-state index in [1.807, 2.05) is 32.3 Å². The SMILES string of the molecule is CN(C)CCNc1cc(F)cc(-c2cncc3[nH]c(-c4n[nH]c5ncc(-c6cncc(NC(O)CC(C)(C)C)c6)cc45)nc23)c1. The van der Waals surface area contributed by atoms with Crippen LogP contribution >= 0.6 is 0 Å². The van der Waals surface area contributed by atoms with E-state index in [4.69, 9.17) is 4.98 Å². The second-order valence-electron chi connectivity index (χ2n) is 12.7. The van der Waals surface area contributed by atoms with E-state index in [1.165, 1.54) is 12.1 Å². The molecule has 1 aromatic carbocycles. The van der Waals surface area contributed by atoms with Crippen LogP contribution in [0.3, 0.4) is 0 Å². The number of nitrogens with zero attached hydrogens (tertiary/aromatic N) is 6. The van der Waals surface area contributed by atoms with E-state index >= 15 is 0 Å². The molecule has 0 spiro atoms. The van der Waals surface area contributed by atoms with Gasteiger partial charge < -0.3 is 25.6 Å². The first-order chi connectivity index (χ1) is 21.5. The van der Waals surface area contributed by atoms with Crippen LogP contribution in [0.25, 0.3) is 55.8 Å². The number of hydrogen-bond donors (Lipinski definition) is 5. The van der Waals surface area contributed by atoms with Crippen LogP contribution in [0.4, 0.5) is 15.8 Å². The van der Waals surface area contributed by atoms with E-state index < -0.39 is 6.23 Å². The molecule has 0 fully saturated rings. The average molecular weight is 609 g/mol. The quantitative estimate of drug-likeness (QED) is 0.120. The summed E-state index contributed by atoms with van der Waals surface area (Å²) < 4.78 is 14.7. The number of anilines is 2. The molecule has 5 heterocycles. The fourth-order valence-corrected chi connectivity index (χ4v) is 5.27. The van der Waals surface area contributed by atoms with Crippen LogP contribution in [-0.2, 0) is 0 Å². The van der Waals surface area contributed by atoms with Gasteiger partial charge in [0.25, 0.3) is 0 Å². The fourth-order valence-electron chi connectivity index (χ4n) is 5.27. The molecule has 0 bridgehead atoms. The van der Waals surface area contributed by atoms with Crippen molar-refractivity contribution in [3.8, 4) is 33.8 Å². The monoisotopic (exact) mass is 608 g/mol. The first kappa shape index (κ1) is 30.1. The Morgan fingerprint density at radius 3 is 2.51 bits per heavy atom. The zero-order chi connectivity index (χ0) is 31.7. The van der Waals surface area contributed by atoms with E-state index in [2.05, 4.69) is 66.4 Å². The van der Waals surface area contributed by atoms with E-state index in [0.717, 1.165) is 23.1 Å². The average Bonchev–Trinajstić information content (AvgIpc) is 3.59. The number of fused-ring (bicyclic) bond motifs is 2. The van der Waals surface area contributed by atoms with Gasteiger partial charge in [0.2, 0.25) is 0 Å². The highest BCUT2D eigenvalue weighted by Gasteiger charge is 2.19. The molecule has 232 valence electrons. The lowest BCUT2D eigenvalue weighted by molar-refractivity contribution is 0.145. The summed E-state index contributed by atoms with van der Waals surface area (Å²) in [7, 11) is 3.99. The van der Waals surface area contributed by atoms with Crippen LogP contribution in [0.15, 0.2) is 61.3 Å². The number of aliphatic hydroxyl groups is 1. The topological polar surface area (TPSA) is 144 Å². The van der Waals surface area contributed by atoms with Gasteiger partial charge in [-0.2, -0.15) is 5.10 Å². The van der Waals surface area contributed by atoms with Gasteiger partial charge in [-0.15, -0.1) is 0 Å². The number of aliphatic hydroxyl groups excluding tert-OH is 1. The molecule has 0 amide bonds. The smallest absolute Gasteiger partial charge is 0.159 e. The zero-order valence-electron chi connectivity index (χ0n) is 26.0. The van der Waals surface area contributed by atoms with Gasteiger partial charge in [-0.1, -0.05) is 20.8 Å². The van der Waals surface area contributed by atoms with Gasteiger partial charge in [0.1, 0.15) is 17.7 Å². The van der Waals surface area contributed by atoms with Gasteiger partial charge in [-0.25, -0.2) is 14.4 Å². The van der Waals surface area contributed by atoms with Gasteiger partial charge in [0, 0.05) is 54.1 Å². The summed E-state index contributed by atoms with van der Waals surface area (Å²) in [5.41, 5.74) is 6.96. The van der Waals surface area contributed by atoms with Gasteiger partial charge >= 0.3 is 0 Å². The van der Waals surface area contributed by atoms with Crippen molar-refractivity contribution in [1.82, 2.24) is 40.0 Å². The Labute approximate surface area is 260 Å². The van der Waals surface area contributed by atoms with Gasteiger partial charge in [-0.3, -0.25) is 15.1 Å². The number of halogens is 1. The number of pyridine rings is 3.